The highest BCUT2D eigenvalue weighted by Gasteiger charge is 2.19. The summed E-state index contributed by atoms with van der Waals surface area (Å²) < 4.78 is 31.9. The molecule has 0 atom stereocenters. The summed E-state index contributed by atoms with van der Waals surface area (Å²) in [6.07, 6.45) is 0. The fraction of sp³-hybridized carbons (Fsp3) is 0.111. The van der Waals surface area contributed by atoms with Crippen molar-refractivity contribution in [3.63, 3.8) is 0 Å². The second kappa shape index (κ2) is 5.41. The van der Waals surface area contributed by atoms with E-state index in [1.807, 2.05) is 0 Å². The number of nitro groups is 1. The summed E-state index contributed by atoms with van der Waals surface area (Å²) in [6, 6.07) is 1.06. The Morgan fingerprint density at radius 2 is 2.11 bits per heavy atom. The maximum Gasteiger partial charge on any atom is 0.307 e. The smallest absolute Gasteiger partial charge is 0.307 e. The van der Waals surface area contributed by atoms with Gasteiger partial charge in [0.2, 0.25) is 10.3 Å². The van der Waals surface area contributed by atoms with Crippen LogP contribution in [0, 0.1) is 21.7 Å². The number of aromatic nitrogens is 2. The van der Waals surface area contributed by atoms with Gasteiger partial charge in [-0.2, -0.15) is 4.39 Å². The van der Waals surface area contributed by atoms with E-state index < -0.39 is 28.0 Å². The Labute approximate surface area is 113 Å². The SMILES string of the molecule is O=[N+]([O-])c1cc(F)c(OCc2nnc(Cl)s2)cc1F. The molecular formula is C9H4ClF2N3O3S. The molecule has 1 aromatic carbocycles. The molecule has 1 aromatic heterocycles. The van der Waals surface area contributed by atoms with Gasteiger partial charge >= 0.3 is 5.69 Å². The Hall–Kier alpha value is -1.87. The average Bonchev–Trinajstić information content (AvgIpc) is 2.75. The number of rotatable bonds is 4. The van der Waals surface area contributed by atoms with Crippen molar-refractivity contribution < 1.29 is 18.4 Å². The van der Waals surface area contributed by atoms with Gasteiger partial charge in [-0.15, -0.1) is 10.2 Å². The number of nitro benzene ring substituents is 1. The highest BCUT2D eigenvalue weighted by Crippen LogP contribution is 2.27. The van der Waals surface area contributed by atoms with Gasteiger partial charge in [0.05, 0.1) is 11.0 Å². The molecule has 0 saturated carbocycles. The first kappa shape index (κ1) is 13.6. The van der Waals surface area contributed by atoms with Crippen LogP contribution in [0.3, 0.4) is 0 Å². The molecule has 2 rings (SSSR count). The molecular weight excluding hydrogens is 304 g/mol. The lowest BCUT2D eigenvalue weighted by molar-refractivity contribution is -0.387. The first-order valence-electron chi connectivity index (χ1n) is 4.71. The number of hydrogen-bond donors (Lipinski definition) is 0. The lowest BCUT2D eigenvalue weighted by Crippen LogP contribution is -2.00. The lowest BCUT2D eigenvalue weighted by Gasteiger charge is -2.05. The number of halogens is 3. The molecule has 0 aliphatic rings. The maximum absolute atomic E-state index is 13.4. The van der Waals surface area contributed by atoms with E-state index in [4.69, 9.17) is 16.3 Å². The van der Waals surface area contributed by atoms with Gasteiger partial charge in [-0.25, -0.2) is 4.39 Å². The van der Waals surface area contributed by atoms with Crippen molar-refractivity contribution in [3.05, 3.63) is 43.4 Å². The summed E-state index contributed by atoms with van der Waals surface area (Å²) in [5, 5.41) is 17.9. The molecule has 6 nitrogen and oxygen atoms in total. The molecule has 0 amide bonds. The lowest BCUT2D eigenvalue weighted by atomic mass is 10.3. The minimum Gasteiger partial charge on any atom is -0.483 e. The number of ether oxygens (including phenoxy) is 1. The van der Waals surface area contributed by atoms with Crippen LogP contribution in [0.15, 0.2) is 12.1 Å². The Bertz CT molecular complexity index is 637. The van der Waals surface area contributed by atoms with Crippen LogP contribution >= 0.6 is 22.9 Å². The second-order valence-corrected chi connectivity index (χ2v) is 4.87. The van der Waals surface area contributed by atoms with Crippen LogP contribution in [0.25, 0.3) is 0 Å². The predicted octanol–water partition coefficient (Wildman–Crippen LogP) is 2.96. The van der Waals surface area contributed by atoms with Gasteiger partial charge in [0, 0.05) is 6.07 Å². The maximum atomic E-state index is 13.4. The fourth-order valence-corrected chi connectivity index (χ4v) is 1.98. The Kier molecular flexibility index (Phi) is 3.86. The van der Waals surface area contributed by atoms with E-state index in [2.05, 4.69) is 10.2 Å². The van der Waals surface area contributed by atoms with Crippen LogP contribution in [0.2, 0.25) is 4.47 Å². The second-order valence-electron chi connectivity index (χ2n) is 3.23. The summed E-state index contributed by atoms with van der Waals surface area (Å²) >= 11 is 6.55. The average molecular weight is 308 g/mol. The molecule has 19 heavy (non-hydrogen) atoms. The Morgan fingerprint density at radius 1 is 1.37 bits per heavy atom. The van der Waals surface area contributed by atoms with E-state index >= 15 is 0 Å². The minimum absolute atomic E-state index is 0.168. The molecule has 1 heterocycles. The van der Waals surface area contributed by atoms with E-state index in [1.54, 1.807) is 0 Å². The third kappa shape index (κ3) is 3.12. The van der Waals surface area contributed by atoms with Gasteiger partial charge in [0.1, 0.15) is 6.61 Å². The van der Waals surface area contributed by atoms with Crippen LogP contribution in [0.5, 0.6) is 5.75 Å². The normalized spacial score (nSPS) is 10.5. The van der Waals surface area contributed by atoms with Crippen LogP contribution < -0.4 is 4.74 Å². The Morgan fingerprint density at radius 3 is 2.68 bits per heavy atom. The first-order valence-corrected chi connectivity index (χ1v) is 5.91. The van der Waals surface area contributed by atoms with Crippen LogP contribution in [0.1, 0.15) is 5.01 Å². The van der Waals surface area contributed by atoms with Crippen molar-refractivity contribution in [2.24, 2.45) is 0 Å². The molecule has 0 N–H and O–H groups in total. The van der Waals surface area contributed by atoms with Crippen LogP contribution in [-0.2, 0) is 6.61 Å². The number of hydrogen-bond acceptors (Lipinski definition) is 6. The molecule has 2 aromatic rings. The summed E-state index contributed by atoms with van der Waals surface area (Å²) in [4.78, 5) is 9.37. The molecule has 0 aliphatic heterocycles. The third-order valence-electron chi connectivity index (χ3n) is 1.99. The van der Waals surface area contributed by atoms with Crippen molar-refractivity contribution in [1.82, 2.24) is 10.2 Å². The molecule has 100 valence electrons. The van der Waals surface area contributed by atoms with E-state index in [-0.39, 0.29) is 11.1 Å². The molecule has 0 aliphatic carbocycles. The van der Waals surface area contributed by atoms with Gasteiger partial charge in [-0.3, -0.25) is 10.1 Å². The van der Waals surface area contributed by atoms with Gasteiger partial charge in [-0.05, 0) is 11.6 Å². The largest absolute Gasteiger partial charge is 0.483 e. The summed E-state index contributed by atoms with van der Waals surface area (Å²) in [7, 11) is 0. The van der Waals surface area contributed by atoms with E-state index in [0.717, 1.165) is 11.3 Å². The summed E-state index contributed by atoms with van der Waals surface area (Å²) in [6.45, 7) is -0.168. The fourth-order valence-electron chi connectivity index (χ4n) is 1.20. The highest BCUT2D eigenvalue weighted by molar-refractivity contribution is 7.15. The Balaban J connectivity index is 2.17. The minimum atomic E-state index is -1.18. The number of nitrogens with zero attached hydrogens (tertiary/aromatic N) is 3. The van der Waals surface area contributed by atoms with Gasteiger partial charge in [0.15, 0.2) is 16.6 Å². The third-order valence-corrected chi connectivity index (χ3v) is 2.98. The quantitative estimate of drug-likeness (QED) is 0.641. The van der Waals surface area contributed by atoms with Crippen molar-refractivity contribution in [2.75, 3.05) is 0 Å². The van der Waals surface area contributed by atoms with Crippen molar-refractivity contribution in [2.45, 2.75) is 6.61 Å². The summed E-state index contributed by atoms with van der Waals surface area (Å²) in [5.74, 6) is -2.67. The van der Waals surface area contributed by atoms with Crippen molar-refractivity contribution >= 4 is 28.6 Å². The van der Waals surface area contributed by atoms with E-state index in [9.17, 15) is 18.9 Å². The summed E-state index contributed by atoms with van der Waals surface area (Å²) in [5.41, 5.74) is -0.955. The molecule has 0 bridgehead atoms. The zero-order valence-corrected chi connectivity index (χ0v) is 10.5. The van der Waals surface area contributed by atoms with Gasteiger partial charge in [-0.1, -0.05) is 11.3 Å². The predicted molar refractivity (Wildman–Crippen MR) is 62.3 cm³/mol. The molecule has 0 spiro atoms. The van der Waals surface area contributed by atoms with Crippen LogP contribution in [0.4, 0.5) is 14.5 Å². The monoisotopic (exact) mass is 307 g/mol. The zero-order chi connectivity index (χ0) is 14.0. The molecule has 0 saturated heterocycles. The van der Waals surface area contributed by atoms with E-state index in [1.165, 1.54) is 0 Å². The highest BCUT2D eigenvalue weighted by atomic mass is 35.5. The number of benzene rings is 1. The van der Waals surface area contributed by atoms with Crippen molar-refractivity contribution in [3.8, 4) is 5.75 Å². The van der Waals surface area contributed by atoms with Gasteiger partial charge in [0.25, 0.3) is 0 Å². The standard InChI is InChI=1S/C9H4ClF2N3O3S/c10-9-14-13-8(19-9)3-18-7-2-4(11)6(15(16)17)1-5(7)12/h1-2H,3H2. The van der Waals surface area contributed by atoms with Gasteiger partial charge < -0.3 is 4.74 Å². The molecule has 0 unspecified atom stereocenters. The molecule has 10 heteroatoms. The molecule has 0 radical (unpaired) electrons. The van der Waals surface area contributed by atoms with Crippen LogP contribution in [-0.4, -0.2) is 15.1 Å². The first-order chi connectivity index (χ1) is 8.97. The molecule has 0 fully saturated rings. The topological polar surface area (TPSA) is 78.2 Å². The van der Waals surface area contributed by atoms with E-state index in [0.29, 0.717) is 17.1 Å². The zero-order valence-electron chi connectivity index (χ0n) is 8.97. The van der Waals surface area contributed by atoms with Crippen molar-refractivity contribution in [1.29, 1.82) is 0 Å².